The van der Waals surface area contributed by atoms with Crippen LogP contribution in [0, 0.1) is 13.8 Å². The van der Waals surface area contributed by atoms with Gasteiger partial charge in [-0.1, -0.05) is 59.7 Å². The number of amides is 1. The third kappa shape index (κ3) is 5.35. The second-order valence-electron chi connectivity index (χ2n) is 8.95. The normalized spacial score (nSPS) is 19.6. The van der Waals surface area contributed by atoms with Crippen molar-refractivity contribution in [3.63, 3.8) is 0 Å². The van der Waals surface area contributed by atoms with Gasteiger partial charge in [-0.05, 0) is 45.7 Å². The summed E-state index contributed by atoms with van der Waals surface area (Å²) < 4.78 is 5.67. The lowest BCUT2D eigenvalue weighted by atomic mass is 9.83. The molecule has 0 aliphatic carbocycles. The summed E-state index contributed by atoms with van der Waals surface area (Å²) in [5, 5.41) is 6.47. The first-order chi connectivity index (χ1) is 13.2. The van der Waals surface area contributed by atoms with Crippen molar-refractivity contribution in [3.05, 3.63) is 70.8 Å². The molecule has 1 fully saturated rings. The molecule has 1 saturated heterocycles. The second-order valence-corrected chi connectivity index (χ2v) is 8.95. The van der Waals surface area contributed by atoms with Crippen molar-refractivity contribution in [2.45, 2.75) is 64.6 Å². The lowest BCUT2D eigenvalue weighted by Crippen LogP contribution is -2.42. The molecule has 4 heteroatoms. The van der Waals surface area contributed by atoms with E-state index in [4.69, 9.17) is 4.74 Å². The molecule has 1 aliphatic rings. The smallest absolute Gasteiger partial charge is 0.407 e. The molecular formula is C24H32N2O2. The predicted molar refractivity (Wildman–Crippen MR) is 114 cm³/mol. The van der Waals surface area contributed by atoms with E-state index >= 15 is 0 Å². The number of hydrogen-bond donors (Lipinski definition) is 2. The molecule has 1 aliphatic heterocycles. The molecule has 0 aromatic heterocycles. The quantitative estimate of drug-likeness (QED) is 0.809. The molecule has 3 rings (SSSR count). The lowest BCUT2D eigenvalue weighted by Gasteiger charge is -2.25. The van der Waals surface area contributed by atoms with Gasteiger partial charge in [-0.25, -0.2) is 4.79 Å². The summed E-state index contributed by atoms with van der Waals surface area (Å²) in [6, 6.07) is 17.7. The maximum Gasteiger partial charge on any atom is 0.407 e. The zero-order valence-electron chi connectivity index (χ0n) is 17.6. The van der Waals surface area contributed by atoms with Crippen LogP contribution in [0.1, 0.15) is 55.4 Å². The fraction of sp³-hybridized carbons (Fsp3) is 0.458. The Kier molecular flexibility index (Phi) is 6.09. The van der Waals surface area contributed by atoms with E-state index in [2.05, 4.69) is 73.0 Å². The van der Waals surface area contributed by atoms with Crippen LogP contribution in [0.3, 0.4) is 0 Å². The molecule has 1 heterocycles. The van der Waals surface area contributed by atoms with Crippen molar-refractivity contribution in [1.82, 2.24) is 10.6 Å². The molecule has 2 atom stereocenters. The molecule has 0 bridgehead atoms. The van der Waals surface area contributed by atoms with Gasteiger partial charge in [0.15, 0.2) is 0 Å². The minimum atomic E-state index is -0.345. The number of carbonyl (C=O) groups excluding carboxylic acids is 1. The summed E-state index contributed by atoms with van der Waals surface area (Å²) >= 11 is 0. The second kappa shape index (κ2) is 8.36. The van der Waals surface area contributed by atoms with Crippen molar-refractivity contribution in [3.8, 4) is 0 Å². The van der Waals surface area contributed by atoms with Gasteiger partial charge >= 0.3 is 6.09 Å². The fourth-order valence-electron chi connectivity index (χ4n) is 3.77. The first kappa shape index (κ1) is 20.4. The van der Waals surface area contributed by atoms with Gasteiger partial charge in [-0.3, -0.25) is 0 Å². The third-order valence-corrected chi connectivity index (χ3v) is 5.15. The van der Waals surface area contributed by atoms with Crippen LogP contribution < -0.4 is 10.6 Å². The average molecular weight is 381 g/mol. The average Bonchev–Trinajstić information content (AvgIpc) is 3.04. The summed E-state index contributed by atoms with van der Waals surface area (Å²) in [7, 11) is 0. The summed E-state index contributed by atoms with van der Waals surface area (Å²) in [5.74, 6) is 0.223. The Labute approximate surface area is 168 Å². The van der Waals surface area contributed by atoms with Crippen LogP contribution in [0.2, 0.25) is 0 Å². The minimum Gasteiger partial charge on any atom is -0.445 e. The number of carbonyl (C=O) groups is 1. The maximum absolute atomic E-state index is 12.1. The van der Waals surface area contributed by atoms with Crippen molar-refractivity contribution in [2.75, 3.05) is 6.54 Å². The highest BCUT2D eigenvalue weighted by atomic mass is 16.6. The summed E-state index contributed by atoms with van der Waals surface area (Å²) in [4.78, 5) is 12.1. The van der Waals surface area contributed by atoms with E-state index in [9.17, 15) is 4.79 Å². The summed E-state index contributed by atoms with van der Waals surface area (Å²) in [5.41, 5.74) is 4.78. The van der Waals surface area contributed by atoms with Crippen molar-refractivity contribution in [2.24, 2.45) is 0 Å². The Morgan fingerprint density at radius 2 is 1.50 bits per heavy atom. The van der Waals surface area contributed by atoms with Crippen molar-refractivity contribution in [1.29, 1.82) is 0 Å². The number of benzene rings is 2. The highest BCUT2D eigenvalue weighted by Gasteiger charge is 2.34. The van der Waals surface area contributed by atoms with Crippen LogP contribution in [0.4, 0.5) is 4.79 Å². The van der Waals surface area contributed by atoms with Gasteiger partial charge in [-0.2, -0.15) is 0 Å². The van der Waals surface area contributed by atoms with E-state index in [0.29, 0.717) is 6.54 Å². The first-order valence-corrected chi connectivity index (χ1v) is 10.1. The molecule has 28 heavy (non-hydrogen) atoms. The van der Waals surface area contributed by atoms with E-state index in [-0.39, 0.29) is 29.7 Å². The third-order valence-electron chi connectivity index (χ3n) is 5.15. The molecular weight excluding hydrogens is 348 g/mol. The fourth-order valence-corrected chi connectivity index (χ4v) is 3.77. The molecule has 2 aromatic carbocycles. The van der Waals surface area contributed by atoms with Crippen LogP contribution in [0.25, 0.3) is 0 Å². The van der Waals surface area contributed by atoms with Gasteiger partial charge in [0.2, 0.25) is 0 Å². The van der Waals surface area contributed by atoms with Crippen LogP contribution in [-0.2, 0) is 4.74 Å². The van der Waals surface area contributed by atoms with E-state index in [1.807, 2.05) is 20.8 Å². The first-order valence-electron chi connectivity index (χ1n) is 10.1. The highest BCUT2D eigenvalue weighted by Crippen LogP contribution is 2.33. The largest absolute Gasteiger partial charge is 0.445 e. The van der Waals surface area contributed by atoms with Gasteiger partial charge in [0, 0.05) is 30.5 Å². The number of alkyl carbamates (subject to hydrolysis) is 1. The molecule has 0 spiro atoms. The number of ether oxygens (including phenoxy) is 1. The molecule has 1 amide bonds. The van der Waals surface area contributed by atoms with E-state index < -0.39 is 0 Å². The monoisotopic (exact) mass is 380 g/mol. The molecule has 2 aromatic rings. The van der Waals surface area contributed by atoms with E-state index in [1.165, 1.54) is 22.3 Å². The number of rotatable bonds is 4. The molecule has 2 N–H and O–H groups in total. The highest BCUT2D eigenvalue weighted by molar-refractivity contribution is 5.68. The van der Waals surface area contributed by atoms with E-state index in [0.717, 1.165) is 6.42 Å². The Morgan fingerprint density at radius 1 is 1.00 bits per heavy atom. The standard InChI is InChI=1S/C24H32N2O2/c1-16-6-10-18(11-7-16)22(19-12-8-17(2)9-13-19)21-14-20(15-25-21)28-23(27)26-24(3,4)5/h6-13,20-22,25H,14-15H2,1-5H3,(H,26,27)/t20-,21-/m1/s1. The Bertz CT molecular complexity index is 745. The zero-order chi connectivity index (χ0) is 20.3. The number of hydrogen-bond acceptors (Lipinski definition) is 3. The summed E-state index contributed by atoms with van der Waals surface area (Å²) in [6.45, 7) is 10.8. The Hall–Kier alpha value is -2.33. The Morgan fingerprint density at radius 3 is 1.96 bits per heavy atom. The number of nitrogens with one attached hydrogen (secondary N) is 2. The van der Waals surface area contributed by atoms with Gasteiger partial charge in [0.1, 0.15) is 6.10 Å². The van der Waals surface area contributed by atoms with Gasteiger partial charge in [-0.15, -0.1) is 0 Å². The molecule has 0 unspecified atom stereocenters. The van der Waals surface area contributed by atoms with E-state index in [1.54, 1.807) is 0 Å². The van der Waals surface area contributed by atoms with Crippen molar-refractivity contribution < 1.29 is 9.53 Å². The maximum atomic E-state index is 12.1. The predicted octanol–water partition coefficient (Wildman–Crippen LogP) is 4.69. The lowest BCUT2D eigenvalue weighted by molar-refractivity contribution is 0.0989. The molecule has 0 saturated carbocycles. The SMILES string of the molecule is Cc1ccc(C(c2ccc(C)cc2)[C@H]2C[C@@H](OC(=O)NC(C)(C)C)CN2)cc1. The molecule has 0 radical (unpaired) electrons. The molecule has 4 nitrogen and oxygen atoms in total. The topological polar surface area (TPSA) is 50.4 Å². The van der Waals surface area contributed by atoms with Crippen LogP contribution in [0.15, 0.2) is 48.5 Å². The van der Waals surface area contributed by atoms with Gasteiger partial charge in [0.25, 0.3) is 0 Å². The summed E-state index contributed by atoms with van der Waals surface area (Å²) in [6.07, 6.45) is 0.331. The van der Waals surface area contributed by atoms with Gasteiger partial charge < -0.3 is 15.4 Å². The van der Waals surface area contributed by atoms with Crippen LogP contribution in [0.5, 0.6) is 0 Å². The van der Waals surface area contributed by atoms with Crippen LogP contribution in [-0.4, -0.2) is 30.3 Å². The van der Waals surface area contributed by atoms with Gasteiger partial charge in [0.05, 0.1) is 0 Å². The Balaban J connectivity index is 1.77. The zero-order valence-corrected chi connectivity index (χ0v) is 17.6. The molecule has 150 valence electrons. The van der Waals surface area contributed by atoms with Crippen LogP contribution >= 0.6 is 0 Å². The minimum absolute atomic E-state index is 0.120. The number of aryl methyl sites for hydroxylation is 2. The van der Waals surface area contributed by atoms with Crippen molar-refractivity contribution >= 4 is 6.09 Å².